The average Bonchev–Trinajstić information content (AvgIpc) is 3.03. The molecule has 4 rings (SSSR count). The van der Waals surface area contributed by atoms with Crippen LogP contribution in [-0.4, -0.2) is 65.9 Å². The van der Waals surface area contributed by atoms with E-state index in [0.717, 1.165) is 12.0 Å². The first-order valence-corrected chi connectivity index (χ1v) is 11.3. The molecular weight excluding hydrogens is 380 g/mol. The van der Waals surface area contributed by atoms with Crippen LogP contribution < -0.4 is 10.6 Å². The van der Waals surface area contributed by atoms with Crippen molar-refractivity contribution in [3.63, 3.8) is 0 Å². The Kier molecular flexibility index (Phi) is 6.67. The van der Waals surface area contributed by atoms with Crippen molar-refractivity contribution in [1.29, 1.82) is 0 Å². The number of nitrogens with one attached hydrogen (secondary N) is 2. The Morgan fingerprint density at radius 1 is 1.07 bits per heavy atom. The molecular formula is C23H32N4O3. The lowest BCUT2D eigenvalue weighted by molar-refractivity contribution is -0.131. The maximum atomic E-state index is 12.6. The van der Waals surface area contributed by atoms with Crippen LogP contribution in [0.4, 0.5) is 4.79 Å². The number of hydrogen-bond donors (Lipinski definition) is 2. The van der Waals surface area contributed by atoms with Crippen LogP contribution in [0.2, 0.25) is 0 Å². The van der Waals surface area contributed by atoms with Gasteiger partial charge in [-0.3, -0.25) is 14.5 Å². The van der Waals surface area contributed by atoms with Crippen molar-refractivity contribution in [2.45, 2.75) is 57.0 Å². The number of nitrogens with zero attached hydrogens (tertiary/aromatic N) is 2. The smallest absolute Gasteiger partial charge is 0.324 e. The summed E-state index contributed by atoms with van der Waals surface area (Å²) in [5.74, 6) is 0.0212. The molecule has 162 valence electrons. The van der Waals surface area contributed by atoms with Gasteiger partial charge in [-0.25, -0.2) is 4.79 Å². The van der Waals surface area contributed by atoms with Crippen LogP contribution in [0.5, 0.6) is 0 Å². The molecule has 3 aliphatic heterocycles. The van der Waals surface area contributed by atoms with Gasteiger partial charge < -0.3 is 15.5 Å². The fraction of sp³-hybridized carbons (Fsp3) is 0.609. The molecule has 0 bridgehead atoms. The Bertz CT molecular complexity index is 767. The normalized spacial score (nSPS) is 26.9. The highest BCUT2D eigenvalue weighted by Gasteiger charge is 2.39. The maximum absolute atomic E-state index is 12.6. The third kappa shape index (κ3) is 4.83. The molecule has 0 spiro atoms. The third-order valence-electron chi connectivity index (χ3n) is 6.75. The number of amides is 4. The zero-order chi connectivity index (χ0) is 20.9. The van der Waals surface area contributed by atoms with Crippen molar-refractivity contribution >= 4 is 17.8 Å². The topological polar surface area (TPSA) is 81.8 Å². The first kappa shape index (κ1) is 20.8. The van der Waals surface area contributed by atoms with E-state index < -0.39 is 12.1 Å². The lowest BCUT2D eigenvalue weighted by atomic mass is 9.83. The minimum absolute atomic E-state index is 0.00745. The van der Waals surface area contributed by atoms with Crippen LogP contribution in [0.3, 0.4) is 0 Å². The second kappa shape index (κ2) is 9.60. The fourth-order valence-electron chi connectivity index (χ4n) is 5.13. The number of piperidine rings is 2. The van der Waals surface area contributed by atoms with E-state index in [1.54, 1.807) is 0 Å². The third-order valence-corrected chi connectivity index (χ3v) is 6.75. The first-order chi connectivity index (χ1) is 14.6. The van der Waals surface area contributed by atoms with Crippen molar-refractivity contribution < 1.29 is 14.4 Å². The van der Waals surface area contributed by atoms with Crippen LogP contribution in [-0.2, 0) is 16.0 Å². The molecule has 0 aliphatic carbocycles. The van der Waals surface area contributed by atoms with Gasteiger partial charge in [-0.1, -0.05) is 36.8 Å². The second-order valence-electron chi connectivity index (χ2n) is 8.74. The molecule has 3 heterocycles. The zero-order valence-corrected chi connectivity index (χ0v) is 17.5. The molecule has 3 aliphatic rings. The van der Waals surface area contributed by atoms with Gasteiger partial charge in [0.2, 0.25) is 5.91 Å². The van der Waals surface area contributed by atoms with E-state index in [2.05, 4.69) is 15.5 Å². The molecule has 3 fully saturated rings. The van der Waals surface area contributed by atoms with Gasteiger partial charge >= 0.3 is 6.03 Å². The van der Waals surface area contributed by atoms with Crippen LogP contribution in [0.25, 0.3) is 0 Å². The minimum Gasteiger partial charge on any atom is -0.356 e. The number of benzene rings is 1. The predicted octanol–water partition coefficient (Wildman–Crippen LogP) is 1.92. The van der Waals surface area contributed by atoms with Crippen LogP contribution >= 0.6 is 0 Å². The number of carbonyl (C=O) groups is 3. The Morgan fingerprint density at radius 3 is 2.70 bits per heavy atom. The largest absolute Gasteiger partial charge is 0.356 e. The molecule has 3 atom stereocenters. The Balaban J connectivity index is 1.24. The summed E-state index contributed by atoms with van der Waals surface area (Å²) >= 11 is 0. The molecule has 1 aromatic rings. The number of imide groups is 1. The van der Waals surface area contributed by atoms with Crippen LogP contribution in [0.15, 0.2) is 30.3 Å². The summed E-state index contributed by atoms with van der Waals surface area (Å²) in [5, 5.41) is 5.71. The van der Waals surface area contributed by atoms with Gasteiger partial charge in [-0.2, -0.15) is 0 Å². The van der Waals surface area contributed by atoms with Crippen molar-refractivity contribution in [3.8, 4) is 0 Å². The lowest BCUT2D eigenvalue weighted by Gasteiger charge is -2.44. The number of urea groups is 1. The van der Waals surface area contributed by atoms with E-state index >= 15 is 0 Å². The Morgan fingerprint density at radius 2 is 1.87 bits per heavy atom. The van der Waals surface area contributed by atoms with Crippen molar-refractivity contribution in [2.24, 2.45) is 5.92 Å². The van der Waals surface area contributed by atoms with E-state index in [1.165, 1.54) is 43.7 Å². The van der Waals surface area contributed by atoms with E-state index in [-0.39, 0.29) is 18.2 Å². The highest BCUT2D eigenvalue weighted by Crippen LogP contribution is 2.30. The fourth-order valence-corrected chi connectivity index (χ4v) is 5.13. The molecule has 0 unspecified atom stereocenters. The quantitative estimate of drug-likeness (QED) is 0.671. The molecule has 2 N–H and O–H groups in total. The van der Waals surface area contributed by atoms with Gasteiger partial charge in [0.15, 0.2) is 0 Å². The molecule has 0 aromatic heterocycles. The molecule has 4 amide bonds. The summed E-state index contributed by atoms with van der Waals surface area (Å²) in [6.07, 6.45) is 6.71. The molecule has 1 aromatic carbocycles. The van der Waals surface area contributed by atoms with Crippen LogP contribution in [0.1, 0.15) is 44.1 Å². The van der Waals surface area contributed by atoms with Crippen molar-refractivity contribution in [3.05, 3.63) is 35.9 Å². The Hall–Kier alpha value is -2.41. The lowest BCUT2D eigenvalue weighted by Crippen LogP contribution is -2.51. The highest BCUT2D eigenvalue weighted by atomic mass is 16.2. The van der Waals surface area contributed by atoms with Gasteiger partial charge in [0.25, 0.3) is 5.91 Å². The monoisotopic (exact) mass is 412 g/mol. The summed E-state index contributed by atoms with van der Waals surface area (Å²) in [6.45, 7) is 3.34. The molecule has 0 radical (unpaired) electrons. The van der Waals surface area contributed by atoms with Crippen molar-refractivity contribution in [2.75, 3.05) is 26.2 Å². The average molecular weight is 413 g/mol. The van der Waals surface area contributed by atoms with E-state index in [1.807, 2.05) is 30.3 Å². The summed E-state index contributed by atoms with van der Waals surface area (Å²) in [6, 6.07) is 9.17. The number of fused-ring (bicyclic) bond motifs is 1. The second-order valence-corrected chi connectivity index (χ2v) is 8.74. The highest BCUT2D eigenvalue weighted by molar-refractivity contribution is 6.05. The summed E-state index contributed by atoms with van der Waals surface area (Å²) in [5.41, 5.74) is 1.07. The molecule has 30 heavy (non-hydrogen) atoms. The van der Waals surface area contributed by atoms with Gasteiger partial charge in [0, 0.05) is 19.1 Å². The predicted molar refractivity (Wildman–Crippen MR) is 114 cm³/mol. The number of carbonyl (C=O) groups excluding carboxylic acids is 3. The van der Waals surface area contributed by atoms with Gasteiger partial charge in [0.05, 0.1) is 6.42 Å². The number of rotatable bonds is 7. The minimum atomic E-state index is -0.759. The van der Waals surface area contributed by atoms with E-state index in [4.69, 9.17) is 0 Å². The standard InChI is InChI=1S/C23H32N4O3/c28-21(24-16-18-9-6-13-26-12-5-4-10-20(18)26)15-19-22(29)27(23(30)25-19)14-11-17-7-2-1-3-8-17/h1-3,7-8,18-20H,4-6,9-16H2,(H,24,28)(H,25,30)/t18-,19+,20+/m1/s1. The van der Waals surface area contributed by atoms with Crippen molar-refractivity contribution in [1.82, 2.24) is 20.4 Å². The van der Waals surface area contributed by atoms with Gasteiger partial charge in [-0.05, 0) is 56.7 Å². The molecule has 7 heteroatoms. The summed E-state index contributed by atoms with van der Waals surface area (Å²) in [4.78, 5) is 41.1. The zero-order valence-electron chi connectivity index (χ0n) is 17.5. The van der Waals surface area contributed by atoms with E-state index in [0.29, 0.717) is 31.5 Å². The summed E-state index contributed by atoms with van der Waals surface area (Å²) < 4.78 is 0. The maximum Gasteiger partial charge on any atom is 0.324 e. The molecule has 7 nitrogen and oxygen atoms in total. The van der Waals surface area contributed by atoms with Crippen LogP contribution in [0, 0.1) is 5.92 Å². The number of hydrogen-bond acceptors (Lipinski definition) is 4. The van der Waals surface area contributed by atoms with Gasteiger partial charge in [-0.15, -0.1) is 0 Å². The molecule has 0 saturated carbocycles. The van der Waals surface area contributed by atoms with E-state index in [9.17, 15) is 14.4 Å². The SMILES string of the molecule is O=C(C[C@@H]1NC(=O)N(CCc2ccccc2)C1=O)NC[C@H]1CCCN2CCCC[C@@H]12. The Labute approximate surface area is 178 Å². The van der Waals surface area contributed by atoms with Gasteiger partial charge in [0.1, 0.15) is 6.04 Å². The first-order valence-electron chi connectivity index (χ1n) is 11.3. The molecule has 3 saturated heterocycles. The summed E-state index contributed by atoms with van der Waals surface area (Å²) in [7, 11) is 0.